The molecular weight excluding hydrogens is 378 g/mol. The van der Waals surface area contributed by atoms with Crippen molar-refractivity contribution in [2.75, 3.05) is 0 Å². The fourth-order valence-electron chi connectivity index (χ4n) is 3.11. The third kappa shape index (κ3) is 3.27. The Morgan fingerprint density at radius 2 is 1.07 bits per heavy atom. The standard InChI is InChI=1S/C21H15NO5S/c23-20-18-12-6-4-10-16(18)17-11-5-7-13-19(17)21(24)22(20)27-28(25,26)14-15-8-2-1-3-9-15/h1-13H,14H2. The van der Waals surface area contributed by atoms with E-state index in [9.17, 15) is 18.0 Å². The second-order valence-corrected chi connectivity index (χ2v) is 7.81. The average molecular weight is 393 g/mol. The van der Waals surface area contributed by atoms with Crippen LogP contribution in [0.25, 0.3) is 21.5 Å². The van der Waals surface area contributed by atoms with Gasteiger partial charge in [0, 0.05) is 0 Å². The van der Waals surface area contributed by atoms with E-state index in [0.29, 0.717) is 21.1 Å². The highest BCUT2D eigenvalue weighted by Crippen LogP contribution is 2.19. The lowest BCUT2D eigenvalue weighted by Gasteiger charge is -2.06. The molecule has 3 aromatic carbocycles. The van der Waals surface area contributed by atoms with E-state index in [-0.39, 0.29) is 10.8 Å². The average Bonchev–Trinajstić information content (AvgIpc) is 2.79. The van der Waals surface area contributed by atoms with Crippen LogP contribution in [-0.4, -0.2) is 13.1 Å². The minimum Gasteiger partial charge on any atom is -0.280 e. The third-order valence-electron chi connectivity index (χ3n) is 4.35. The smallest absolute Gasteiger partial charge is 0.280 e. The summed E-state index contributed by atoms with van der Waals surface area (Å²) in [6, 6.07) is 21.7. The molecule has 0 aliphatic rings. The Labute approximate surface area is 160 Å². The van der Waals surface area contributed by atoms with Gasteiger partial charge in [0.25, 0.3) is 11.1 Å². The van der Waals surface area contributed by atoms with Crippen molar-refractivity contribution in [3.63, 3.8) is 0 Å². The first-order valence-corrected chi connectivity index (χ1v) is 10.1. The van der Waals surface area contributed by atoms with Gasteiger partial charge in [-0.25, -0.2) is 0 Å². The predicted molar refractivity (Wildman–Crippen MR) is 108 cm³/mol. The van der Waals surface area contributed by atoms with Crippen molar-refractivity contribution in [1.82, 2.24) is 4.73 Å². The van der Waals surface area contributed by atoms with Crippen LogP contribution in [0.2, 0.25) is 0 Å². The van der Waals surface area contributed by atoms with Crippen LogP contribution in [0.1, 0.15) is 5.56 Å². The van der Waals surface area contributed by atoms with E-state index in [4.69, 9.17) is 4.28 Å². The number of nitrogens with zero attached hydrogens (tertiary/aromatic N) is 1. The van der Waals surface area contributed by atoms with Crippen LogP contribution in [0.15, 0.2) is 88.5 Å². The second kappa shape index (κ2) is 6.94. The van der Waals surface area contributed by atoms with Gasteiger partial charge in [-0.05, 0) is 28.5 Å². The summed E-state index contributed by atoms with van der Waals surface area (Å²) >= 11 is 0. The van der Waals surface area contributed by atoms with E-state index in [1.807, 2.05) is 0 Å². The molecule has 140 valence electrons. The monoisotopic (exact) mass is 393 g/mol. The quantitative estimate of drug-likeness (QED) is 0.532. The number of benzene rings is 3. The lowest BCUT2D eigenvalue weighted by Crippen LogP contribution is -2.39. The molecule has 0 aliphatic heterocycles. The Balaban J connectivity index is 1.97. The summed E-state index contributed by atoms with van der Waals surface area (Å²) in [4.78, 5) is 25.9. The van der Waals surface area contributed by atoms with Crippen LogP contribution in [-0.2, 0) is 15.9 Å². The molecule has 0 amide bonds. The van der Waals surface area contributed by atoms with Crippen LogP contribution in [0.3, 0.4) is 0 Å². The molecule has 0 atom stereocenters. The number of rotatable bonds is 4. The molecule has 7 heteroatoms. The van der Waals surface area contributed by atoms with E-state index in [2.05, 4.69) is 0 Å². The van der Waals surface area contributed by atoms with E-state index < -0.39 is 27.0 Å². The fourth-order valence-corrected chi connectivity index (χ4v) is 4.12. The van der Waals surface area contributed by atoms with Crippen LogP contribution in [0.5, 0.6) is 0 Å². The second-order valence-electron chi connectivity index (χ2n) is 6.26. The number of hydrogen-bond donors (Lipinski definition) is 0. The van der Waals surface area contributed by atoms with Gasteiger partial charge in [-0.2, -0.15) is 8.42 Å². The third-order valence-corrected chi connectivity index (χ3v) is 5.41. The SMILES string of the molecule is O=c1c2ccccc2c2ccccc2c(=O)n1OS(=O)(=O)Cc1ccccc1. The molecule has 0 spiro atoms. The van der Waals surface area contributed by atoms with Gasteiger partial charge < -0.3 is 0 Å². The van der Waals surface area contributed by atoms with Crippen molar-refractivity contribution in [3.05, 3.63) is 105 Å². The molecular formula is C21H15NO5S. The maximum Gasteiger partial charge on any atom is 0.331 e. The fraction of sp³-hybridized carbons (Fsp3) is 0.0476. The Morgan fingerprint density at radius 3 is 1.57 bits per heavy atom. The van der Waals surface area contributed by atoms with Gasteiger partial charge >= 0.3 is 10.1 Å². The Kier molecular flexibility index (Phi) is 4.44. The minimum atomic E-state index is -4.24. The molecule has 0 N–H and O–H groups in total. The maximum absolute atomic E-state index is 13.0. The minimum absolute atomic E-state index is 0.190. The zero-order valence-electron chi connectivity index (χ0n) is 14.6. The van der Waals surface area contributed by atoms with Gasteiger partial charge in [0.15, 0.2) is 0 Å². The van der Waals surface area contributed by atoms with Gasteiger partial charge in [-0.15, -0.1) is 0 Å². The highest BCUT2D eigenvalue weighted by molar-refractivity contribution is 7.86. The Hall–Kier alpha value is -3.45. The molecule has 0 saturated carbocycles. The topological polar surface area (TPSA) is 82.4 Å². The van der Waals surface area contributed by atoms with Gasteiger partial charge in [-0.3, -0.25) is 13.9 Å². The van der Waals surface area contributed by atoms with Crippen molar-refractivity contribution in [2.45, 2.75) is 5.75 Å². The van der Waals surface area contributed by atoms with Crippen LogP contribution >= 0.6 is 0 Å². The molecule has 1 aromatic heterocycles. The summed E-state index contributed by atoms with van der Waals surface area (Å²) in [5.74, 6) is -0.464. The maximum atomic E-state index is 13.0. The van der Waals surface area contributed by atoms with Crippen molar-refractivity contribution < 1.29 is 12.7 Å². The highest BCUT2D eigenvalue weighted by Gasteiger charge is 2.19. The molecule has 6 nitrogen and oxygen atoms in total. The van der Waals surface area contributed by atoms with E-state index in [1.165, 1.54) is 12.1 Å². The number of hydrogen-bond acceptors (Lipinski definition) is 5. The Bertz CT molecular complexity index is 1340. The van der Waals surface area contributed by atoms with Crippen molar-refractivity contribution in [1.29, 1.82) is 0 Å². The largest absolute Gasteiger partial charge is 0.331 e. The first kappa shape index (κ1) is 17.9. The van der Waals surface area contributed by atoms with E-state index in [1.54, 1.807) is 66.7 Å². The molecule has 28 heavy (non-hydrogen) atoms. The van der Waals surface area contributed by atoms with Crippen molar-refractivity contribution >= 4 is 31.7 Å². The van der Waals surface area contributed by atoms with Crippen LogP contribution in [0, 0.1) is 0 Å². The molecule has 1 heterocycles. The van der Waals surface area contributed by atoms with Crippen LogP contribution < -0.4 is 15.4 Å². The first-order chi connectivity index (χ1) is 13.5. The predicted octanol–water partition coefficient (Wildman–Crippen LogP) is 2.47. The van der Waals surface area contributed by atoms with Crippen molar-refractivity contribution in [2.24, 2.45) is 0 Å². The molecule has 0 radical (unpaired) electrons. The van der Waals surface area contributed by atoms with Crippen molar-refractivity contribution in [3.8, 4) is 0 Å². The molecule has 0 fully saturated rings. The lowest BCUT2D eigenvalue weighted by atomic mass is 10.1. The summed E-state index contributed by atoms with van der Waals surface area (Å²) in [6.07, 6.45) is 0. The summed E-state index contributed by atoms with van der Waals surface area (Å²) < 4.78 is 30.4. The van der Waals surface area contributed by atoms with Gasteiger partial charge in [0.1, 0.15) is 5.75 Å². The number of aromatic nitrogens is 1. The molecule has 0 bridgehead atoms. The molecule has 4 aromatic rings. The molecule has 4 rings (SSSR count). The summed E-state index contributed by atoms with van der Waals surface area (Å²) in [5, 5.41) is 1.47. The molecule has 0 unspecified atom stereocenters. The Morgan fingerprint density at radius 1 is 0.643 bits per heavy atom. The molecule has 0 aliphatic carbocycles. The summed E-state index contributed by atoms with van der Waals surface area (Å²) in [6.45, 7) is 0. The molecule has 0 saturated heterocycles. The summed E-state index contributed by atoms with van der Waals surface area (Å²) in [7, 11) is -4.24. The first-order valence-electron chi connectivity index (χ1n) is 8.50. The highest BCUT2D eigenvalue weighted by atomic mass is 32.2. The van der Waals surface area contributed by atoms with Gasteiger partial charge in [0.05, 0.1) is 10.8 Å². The van der Waals surface area contributed by atoms with Gasteiger partial charge in [-0.1, -0.05) is 71.5 Å². The lowest BCUT2D eigenvalue weighted by molar-refractivity contribution is 0.260. The van der Waals surface area contributed by atoms with Gasteiger partial charge in [0.2, 0.25) is 0 Å². The van der Waals surface area contributed by atoms with E-state index >= 15 is 0 Å². The van der Waals surface area contributed by atoms with Crippen LogP contribution in [0.4, 0.5) is 0 Å². The zero-order valence-corrected chi connectivity index (χ0v) is 15.4. The normalized spacial score (nSPS) is 11.6. The zero-order chi connectivity index (χ0) is 19.7. The summed E-state index contributed by atoms with van der Waals surface area (Å²) in [5.41, 5.74) is -1.17. The van der Waals surface area contributed by atoms with E-state index in [0.717, 1.165) is 0 Å². The number of fused-ring (bicyclic) bond motifs is 3.